The summed E-state index contributed by atoms with van der Waals surface area (Å²) in [4.78, 5) is 0. The van der Waals surface area contributed by atoms with Gasteiger partial charge in [-0.3, -0.25) is 0 Å². The lowest BCUT2D eigenvalue weighted by molar-refractivity contribution is 0.564. The minimum absolute atomic E-state index is 0.0190. The highest BCUT2D eigenvalue weighted by Gasteiger charge is 2.39. The molecule has 0 amide bonds. The minimum atomic E-state index is -0.0190. The molecular weight excluding hydrogens is 617 g/mol. The van der Waals surface area contributed by atoms with Gasteiger partial charge in [0.1, 0.15) is 11.2 Å². The van der Waals surface area contributed by atoms with Gasteiger partial charge in [-0.2, -0.15) is 0 Å². The van der Waals surface area contributed by atoms with E-state index < -0.39 is 0 Å². The van der Waals surface area contributed by atoms with E-state index in [0.717, 1.165) is 17.6 Å². The van der Waals surface area contributed by atoms with Gasteiger partial charge in [0.25, 0.3) is 0 Å². The quantitative estimate of drug-likeness (QED) is 0.136. The van der Waals surface area contributed by atoms with E-state index in [1.54, 1.807) is 0 Å². The first kappa shape index (κ1) is 28.6. The van der Waals surface area contributed by atoms with E-state index in [1.807, 2.05) is 0 Å². The molecule has 1 heteroatoms. The summed E-state index contributed by atoms with van der Waals surface area (Å²) in [7, 11) is 0. The lowest BCUT2D eigenvalue weighted by atomic mass is 9.77. The third-order valence-electron chi connectivity index (χ3n) is 12.0. The summed E-state index contributed by atoms with van der Waals surface area (Å²) in [6.45, 7) is 4.74. The first-order valence-electron chi connectivity index (χ1n) is 18.1. The van der Waals surface area contributed by atoms with Crippen molar-refractivity contribution in [2.45, 2.75) is 25.7 Å². The van der Waals surface area contributed by atoms with Gasteiger partial charge < -0.3 is 4.42 Å². The van der Waals surface area contributed by atoms with Gasteiger partial charge in [0.05, 0.1) is 0 Å². The molecule has 0 saturated heterocycles. The Hall–Kier alpha value is -6.18. The Labute approximate surface area is 296 Å². The third kappa shape index (κ3) is 3.81. The summed E-state index contributed by atoms with van der Waals surface area (Å²) >= 11 is 0. The van der Waals surface area contributed by atoms with Gasteiger partial charge in [0.15, 0.2) is 0 Å². The molecule has 0 bridgehead atoms. The lowest BCUT2D eigenvalue weighted by Crippen LogP contribution is -2.19. The van der Waals surface area contributed by atoms with Crippen molar-refractivity contribution in [3.8, 4) is 44.5 Å². The number of fused-ring (bicyclic) bond motifs is 5. The molecule has 1 unspecified atom stereocenters. The fraction of sp³-hybridized carbons (Fsp3) is 0.0800. The predicted octanol–water partition coefficient (Wildman–Crippen LogP) is 14.2. The zero-order chi connectivity index (χ0) is 33.8. The van der Waals surface area contributed by atoms with E-state index in [-0.39, 0.29) is 5.41 Å². The Kier molecular flexibility index (Phi) is 5.85. The van der Waals surface area contributed by atoms with Gasteiger partial charge in [-0.15, -0.1) is 0 Å². The fourth-order valence-corrected chi connectivity index (χ4v) is 9.50. The molecule has 1 atom stereocenters. The lowest BCUT2D eigenvalue weighted by Gasteiger charge is -2.26. The molecule has 1 heterocycles. The highest BCUT2D eigenvalue weighted by atomic mass is 16.3. The maximum absolute atomic E-state index is 6.31. The largest absolute Gasteiger partial charge is 0.456 e. The molecule has 11 rings (SSSR count). The molecule has 0 N–H and O–H groups in total. The molecular formula is C50H34O. The van der Waals surface area contributed by atoms with Crippen LogP contribution in [-0.4, -0.2) is 0 Å². The zero-order valence-electron chi connectivity index (χ0n) is 28.6. The van der Waals surface area contributed by atoms with Crippen molar-refractivity contribution in [1.82, 2.24) is 0 Å². The highest BCUT2D eigenvalue weighted by molar-refractivity contribution is 6.26. The molecule has 0 radical (unpaired) electrons. The van der Waals surface area contributed by atoms with Crippen LogP contribution in [0.25, 0.3) is 98.8 Å². The molecule has 1 aliphatic rings. The molecule has 1 aliphatic carbocycles. The first-order valence-corrected chi connectivity index (χ1v) is 18.1. The van der Waals surface area contributed by atoms with Crippen LogP contribution in [0.2, 0.25) is 0 Å². The highest BCUT2D eigenvalue weighted by Crippen LogP contribution is 2.55. The smallest absolute Gasteiger partial charge is 0.136 e. The molecule has 0 fully saturated rings. The van der Waals surface area contributed by atoms with Crippen molar-refractivity contribution < 1.29 is 4.42 Å². The molecule has 0 aliphatic heterocycles. The molecule has 1 aromatic heterocycles. The van der Waals surface area contributed by atoms with E-state index in [0.29, 0.717) is 0 Å². The van der Waals surface area contributed by atoms with Gasteiger partial charge >= 0.3 is 0 Å². The Morgan fingerprint density at radius 3 is 1.76 bits per heavy atom. The summed E-state index contributed by atoms with van der Waals surface area (Å²) < 4.78 is 6.31. The molecule has 1 nitrogen and oxygen atoms in total. The zero-order valence-corrected chi connectivity index (χ0v) is 28.6. The number of furan rings is 1. The topological polar surface area (TPSA) is 13.1 Å². The summed E-state index contributed by atoms with van der Waals surface area (Å²) in [6, 6.07) is 58.5. The van der Waals surface area contributed by atoms with Gasteiger partial charge in [0.2, 0.25) is 0 Å². The molecule has 9 aromatic carbocycles. The van der Waals surface area contributed by atoms with E-state index in [9.17, 15) is 0 Å². The molecule has 51 heavy (non-hydrogen) atoms. The SMILES string of the molecule is CCC1(C)c2ccccc2-c2c(-c3c4ccccc4c(-c4cccc(-c5cc6cccc7oc8cccc5c8c67)c4)c4ccccc34)cccc21. The summed E-state index contributed by atoms with van der Waals surface area (Å²) in [6.07, 6.45) is 1.05. The molecule has 10 aromatic rings. The second-order valence-electron chi connectivity index (χ2n) is 14.4. The summed E-state index contributed by atoms with van der Waals surface area (Å²) in [5, 5.41) is 9.96. The van der Waals surface area contributed by atoms with Crippen molar-refractivity contribution in [2.75, 3.05) is 0 Å². The van der Waals surface area contributed by atoms with E-state index in [1.165, 1.54) is 98.7 Å². The van der Waals surface area contributed by atoms with Crippen LogP contribution in [0.1, 0.15) is 31.4 Å². The maximum Gasteiger partial charge on any atom is 0.136 e. The van der Waals surface area contributed by atoms with Crippen LogP contribution in [0.5, 0.6) is 0 Å². The van der Waals surface area contributed by atoms with E-state index >= 15 is 0 Å². The predicted molar refractivity (Wildman–Crippen MR) is 216 cm³/mol. The van der Waals surface area contributed by atoms with Crippen molar-refractivity contribution in [3.05, 3.63) is 169 Å². The summed E-state index contributed by atoms with van der Waals surface area (Å²) in [5.41, 5.74) is 15.0. The maximum atomic E-state index is 6.31. The second-order valence-corrected chi connectivity index (χ2v) is 14.4. The van der Waals surface area contributed by atoms with E-state index in [4.69, 9.17) is 4.42 Å². The standard InChI is InChI=1S/C50H34O/c1-3-50(2)41-24-9-8-21-38(41)48-39(23-12-25-42(48)50)47-35-19-6-4-17-33(35)45(34-18-5-7-20-36(34)47)31-15-10-14-30(28-31)40-29-32-16-11-26-43-46(32)49-37(40)22-13-27-44(49)51-43/h4-29H,3H2,1-2H3. The van der Waals surface area contributed by atoms with Crippen LogP contribution in [-0.2, 0) is 5.41 Å². The van der Waals surface area contributed by atoms with Gasteiger partial charge in [-0.25, -0.2) is 0 Å². The number of hydrogen-bond acceptors (Lipinski definition) is 1. The minimum Gasteiger partial charge on any atom is -0.456 e. The molecule has 0 spiro atoms. The Bertz CT molecular complexity index is 2970. The van der Waals surface area contributed by atoms with E-state index in [2.05, 4.69) is 172 Å². The monoisotopic (exact) mass is 650 g/mol. The van der Waals surface area contributed by atoms with Crippen molar-refractivity contribution >= 4 is 54.3 Å². The Morgan fingerprint density at radius 1 is 0.431 bits per heavy atom. The number of benzene rings is 9. The molecule has 0 saturated carbocycles. The second kappa shape index (κ2) is 10.4. The number of rotatable bonds is 4. The fourth-order valence-electron chi connectivity index (χ4n) is 9.50. The average molecular weight is 651 g/mol. The van der Waals surface area contributed by atoms with Crippen LogP contribution >= 0.6 is 0 Å². The third-order valence-corrected chi connectivity index (χ3v) is 12.0. The van der Waals surface area contributed by atoms with Crippen LogP contribution in [0, 0.1) is 0 Å². The van der Waals surface area contributed by atoms with Gasteiger partial charge in [-0.1, -0.05) is 147 Å². The van der Waals surface area contributed by atoms with Crippen molar-refractivity contribution in [2.24, 2.45) is 0 Å². The van der Waals surface area contributed by atoms with Gasteiger partial charge in [0, 0.05) is 16.2 Å². The van der Waals surface area contributed by atoms with Crippen LogP contribution < -0.4 is 0 Å². The van der Waals surface area contributed by atoms with Crippen LogP contribution in [0.15, 0.2) is 162 Å². The average Bonchev–Trinajstić information content (AvgIpc) is 3.70. The first-order chi connectivity index (χ1) is 25.1. The van der Waals surface area contributed by atoms with Crippen LogP contribution in [0.4, 0.5) is 0 Å². The normalized spacial score (nSPS) is 15.4. The van der Waals surface area contributed by atoms with Crippen LogP contribution in [0.3, 0.4) is 0 Å². The van der Waals surface area contributed by atoms with Crippen molar-refractivity contribution in [1.29, 1.82) is 0 Å². The van der Waals surface area contributed by atoms with Crippen molar-refractivity contribution in [3.63, 3.8) is 0 Å². The Morgan fingerprint density at radius 2 is 1.00 bits per heavy atom. The van der Waals surface area contributed by atoms with Gasteiger partial charge in [-0.05, 0) is 119 Å². The summed E-state index contributed by atoms with van der Waals surface area (Å²) in [5.74, 6) is 0. The number of hydrogen-bond donors (Lipinski definition) is 0. The Balaban J connectivity index is 1.19. The molecule has 240 valence electrons.